The summed E-state index contributed by atoms with van der Waals surface area (Å²) in [6, 6.07) is 13.9. The number of aliphatic hydroxyl groups excluding tert-OH is 1. The van der Waals surface area contributed by atoms with Gasteiger partial charge in [0.25, 0.3) is 0 Å². The van der Waals surface area contributed by atoms with Crippen LogP contribution in [0, 0.1) is 0 Å². The molecule has 0 aliphatic carbocycles. The summed E-state index contributed by atoms with van der Waals surface area (Å²) in [5, 5.41) is 27.5. The number of ether oxygens (including phenoxy) is 1. The average molecular weight is 274 g/mol. The average Bonchev–Trinajstić information content (AvgIpc) is 2.46. The Bertz CT molecular complexity index is 474. The van der Waals surface area contributed by atoms with Crippen LogP contribution in [-0.4, -0.2) is 35.1 Å². The van der Waals surface area contributed by atoms with Gasteiger partial charge in [-0.2, -0.15) is 0 Å². The first kappa shape index (κ1) is 14.4. The Labute approximate surface area is 117 Å². The number of hydrogen-bond donors (Lipinski definition) is 3. The minimum Gasteiger partial charge on any atom is -0.508 e. The maximum absolute atomic E-state index is 9.36. The molecule has 0 radical (unpaired) electrons. The van der Waals surface area contributed by atoms with E-state index in [1.165, 1.54) is 0 Å². The first-order valence-corrected chi connectivity index (χ1v) is 6.47. The summed E-state index contributed by atoms with van der Waals surface area (Å²) in [7, 11) is 0. The van der Waals surface area contributed by atoms with Gasteiger partial charge in [-0.25, -0.2) is 0 Å². The highest BCUT2D eigenvalue weighted by atomic mass is 16.5. The maximum Gasteiger partial charge on any atom is 0.115 e. The monoisotopic (exact) mass is 274 g/mol. The van der Waals surface area contributed by atoms with Crippen LogP contribution < -0.4 is 0 Å². The van der Waals surface area contributed by atoms with Gasteiger partial charge in [0.05, 0.1) is 19.8 Å². The summed E-state index contributed by atoms with van der Waals surface area (Å²) in [6.07, 6.45) is 0. The molecule has 0 saturated carbocycles. The number of benzene rings is 2. The molecule has 0 fully saturated rings. The van der Waals surface area contributed by atoms with Gasteiger partial charge >= 0.3 is 0 Å². The van der Waals surface area contributed by atoms with Crippen molar-refractivity contribution in [1.29, 1.82) is 0 Å². The fraction of sp³-hybridized carbons (Fsp3) is 0.250. The van der Waals surface area contributed by atoms with E-state index in [0.29, 0.717) is 6.61 Å². The fourth-order valence-electron chi connectivity index (χ4n) is 2.06. The van der Waals surface area contributed by atoms with E-state index in [9.17, 15) is 10.2 Å². The highest BCUT2D eigenvalue weighted by Crippen LogP contribution is 2.27. The zero-order chi connectivity index (χ0) is 14.4. The minimum atomic E-state index is -0.0160. The van der Waals surface area contributed by atoms with Crippen LogP contribution in [0.1, 0.15) is 17.0 Å². The predicted octanol–water partition coefficient (Wildman–Crippen LogP) is 2.24. The van der Waals surface area contributed by atoms with Gasteiger partial charge in [-0.15, -0.1) is 0 Å². The van der Waals surface area contributed by atoms with E-state index >= 15 is 0 Å². The smallest absolute Gasteiger partial charge is 0.115 e. The van der Waals surface area contributed by atoms with Gasteiger partial charge in [0.2, 0.25) is 0 Å². The molecule has 0 amide bonds. The number of aliphatic hydroxyl groups is 1. The molecule has 106 valence electrons. The van der Waals surface area contributed by atoms with Crippen molar-refractivity contribution in [3.63, 3.8) is 0 Å². The molecule has 20 heavy (non-hydrogen) atoms. The van der Waals surface area contributed by atoms with Crippen LogP contribution in [0.2, 0.25) is 0 Å². The number of aromatic hydroxyl groups is 2. The Morgan fingerprint density at radius 2 is 1.25 bits per heavy atom. The molecule has 0 aliphatic rings. The van der Waals surface area contributed by atoms with Crippen molar-refractivity contribution < 1.29 is 20.1 Å². The Kier molecular flexibility index (Phi) is 4.98. The second-order valence-electron chi connectivity index (χ2n) is 4.53. The normalized spacial score (nSPS) is 10.9. The first-order valence-electron chi connectivity index (χ1n) is 6.47. The zero-order valence-electron chi connectivity index (χ0n) is 11.1. The molecule has 2 rings (SSSR count). The lowest BCUT2D eigenvalue weighted by Crippen LogP contribution is -2.11. The van der Waals surface area contributed by atoms with Crippen LogP contribution in [0.3, 0.4) is 0 Å². The third-order valence-corrected chi connectivity index (χ3v) is 3.11. The van der Waals surface area contributed by atoms with Gasteiger partial charge in [0, 0.05) is 5.92 Å². The third kappa shape index (κ3) is 3.73. The van der Waals surface area contributed by atoms with Gasteiger partial charge in [0.1, 0.15) is 11.5 Å². The van der Waals surface area contributed by atoms with E-state index < -0.39 is 0 Å². The Balaban J connectivity index is 2.23. The Hall–Kier alpha value is -2.04. The molecule has 0 saturated heterocycles. The molecular weight excluding hydrogens is 256 g/mol. The molecule has 2 aromatic rings. The Morgan fingerprint density at radius 3 is 1.65 bits per heavy atom. The molecule has 0 heterocycles. The summed E-state index contributed by atoms with van der Waals surface area (Å²) in [6.45, 7) is 0.695. The van der Waals surface area contributed by atoms with E-state index in [1.54, 1.807) is 24.3 Å². The molecular formula is C16H18O4. The largest absolute Gasteiger partial charge is 0.508 e. The summed E-state index contributed by atoms with van der Waals surface area (Å²) in [4.78, 5) is 0. The highest BCUT2D eigenvalue weighted by molar-refractivity contribution is 5.37. The van der Waals surface area contributed by atoms with Crippen molar-refractivity contribution in [3.05, 3.63) is 59.7 Å². The summed E-state index contributed by atoms with van der Waals surface area (Å²) < 4.78 is 5.44. The molecule has 0 spiro atoms. The van der Waals surface area contributed by atoms with Gasteiger partial charge in [-0.1, -0.05) is 24.3 Å². The van der Waals surface area contributed by atoms with E-state index in [1.807, 2.05) is 24.3 Å². The van der Waals surface area contributed by atoms with Gasteiger partial charge in [-0.3, -0.25) is 0 Å². The van der Waals surface area contributed by atoms with Gasteiger partial charge < -0.3 is 20.1 Å². The van der Waals surface area contributed by atoms with Crippen molar-refractivity contribution in [1.82, 2.24) is 0 Å². The summed E-state index contributed by atoms with van der Waals surface area (Å²) in [5.41, 5.74) is 2.01. The second-order valence-corrected chi connectivity index (χ2v) is 4.53. The number of rotatable bonds is 6. The number of phenolic OH excluding ortho intramolecular Hbond substituents is 2. The molecule has 4 nitrogen and oxygen atoms in total. The van der Waals surface area contributed by atoms with E-state index in [4.69, 9.17) is 9.84 Å². The van der Waals surface area contributed by atoms with Crippen LogP contribution in [0.15, 0.2) is 48.5 Å². The van der Waals surface area contributed by atoms with Crippen molar-refractivity contribution in [2.45, 2.75) is 5.92 Å². The van der Waals surface area contributed by atoms with E-state index in [0.717, 1.165) is 11.1 Å². The molecule has 0 bridgehead atoms. The van der Waals surface area contributed by atoms with E-state index in [-0.39, 0.29) is 30.6 Å². The van der Waals surface area contributed by atoms with Crippen molar-refractivity contribution in [2.24, 2.45) is 0 Å². The molecule has 0 aliphatic heterocycles. The molecule has 0 atom stereocenters. The topological polar surface area (TPSA) is 69.9 Å². The second kappa shape index (κ2) is 6.93. The maximum atomic E-state index is 9.36. The van der Waals surface area contributed by atoms with Crippen molar-refractivity contribution in [2.75, 3.05) is 19.8 Å². The zero-order valence-corrected chi connectivity index (χ0v) is 11.1. The molecule has 4 heteroatoms. The van der Waals surface area contributed by atoms with Crippen LogP contribution in [0.4, 0.5) is 0 Å². The standard InChI is InChI=1S/C16H18O4/c17-9-10-20-11-16(12-1-5-14(18)6-2-12)13-3-7-15(19)8-4-13/h1-8,16-19H,9-11H2. The molecule has 3 N–H and O–H groups in total. The third-order valence-electron chi connectivity index (χ3n) is 3.11. The lowest BCUT2D eigenvalue weighted by Gasteiger charge is -2.18. The lowest BCUT2D eigenvalue weighted by molar-refractivity contribution is 0.0876. The fourth-order valence-corrected chi connectivity index (χ4v) is 2.06. The van der Waals surface area contributed by atoms with Crippen LogP contribution in [0.25, 0.3) is 0 Å². The quantitative estimate of drug-likeness (QED) is 0.707. The van der Waals surface area contributed by atoms with Crippen LogP contribution in [0.5, 0.6) is 11.5 Å². The molecule has 2 aromatic carbocycles. The summed E-state index contributed by atoms with van der Waals surface area (Å²) in [5.74, 6) is 0.423. The van der Waals surface area contributed by atoms with E-state index in [2.05, 4.69) is 0 Å². The summed E-state index contributed by atoms with van der Waals surface area (Å²) >= 11 is 0. The van der Waals surface area contributed by atoms with Crippen molar-refractivity contribution >= 4 is 0 Å². The van der Waals surface area contributed by atoms with Crippen LogP contribution in [-0.2, 0) is 4.74 Å². The lowest BCUT2D eigenvalue weighted by atomic mass is 9.92. The molecule has 0 unspecified atom stereocenters. The molecule has 0 aromatic heterocycles. The van der Waals surface area contributed by atoms with Gasteiger partial charge in [0.15, 0.2) is 0 Å². The van der Waals surface area contributed by atoms with Crippen LogP contribution >= 0.6 is 0 Å². The SMILES string of the molecule is OCCOCC(c1ccc(O)cc1)c1ccc(O)cc1. The minimum absolute atomic E-state index is 0.0113. The number of phenols is 2. The first-order chi connectivity index (χ1) is 9.70. The van der Waals surface area contributed by atoms with Gasteiger partial charge in [-0.05, 0) is 35.4 Å². The highest BCUT2D eigenvalue weighted by Gasteiger charge is 2.14. The number of hydrogen-bond acceptors (Lipinski definition) is 4. The van der Waals surface area contributed by atoms with Crippen molar-refractivity contribution in [3.8, 4) is 11.5 Å². The Morgan fingerprint density at radius 1 is 0.800 bits per heavy atom. The predicted molar refractivity (Wildman–Crippen MR) is 76.0 cm³/mol.